The highest BCUT2D eigenvalue weighted by Crippen LogP contribution is 2.27. The first-order chi connectivity index (χ1) is 14.4. The summed E-state index contributed by atoms with van der Waals surface area (Å²) >= 11 is 0. The van der Waals surface area contributed by atoms with Crippen molar-refractivity contribution in [2.24, 2.45) is 0 Å². The summed E-state index contributed by atoms with van der Waals surface area (Å²) in [5.41, 5.74) is -0.206. The molecule has 1 amide bonds. The van der Waals surface area contributed by atoms with E-state index in [1.54, 1.807) is 36.4 Å². The molecule has 2 fully saturated rings. The Morgan fingerprint density at radius 1 is 1.35 bits per heavy atom. The Morgan fingerprint density at radius 3 is 2.58 bits per heavy atom. The number of aliphatic carboxylic acids is 1. The number of ether oxygens (including phenoxy) is 2. The van der Waals surface area contributed by atoms with E-state index in [9.17, 15) is 26.4 Å². The van der Waals surface area contributed by atoms with E-state index in [4.69, 9.17) is 19.4 Å². The van der Waals surface area contributed by atoms with Crippen LogP contribution in [0.4, 0.5) is 18.9 Å². The molecule has 1 spiro atoms. The molecule has 31 heavy (non-hydrogen) atoms. The minimum Gasteiger partial charge on any atom is -0.475 e. The predicted octanol–water partition coefficient (Wildman–Crippen LogP) is 0.499. The second-order valence-corrected chi connectivity index (χ2v) is 9.01. The molecule has 0 aromatic carbocycles. The number of amides is 1. The van der Waals surface area contributed by atoms with E-state index in [1.807, 2.05) is 0 Å². The average Bonchev–Trinajstić information content (AvgIpc) is 2.94. The van der Waals surface area contributed by atoms with Crippen LogP contribution in [0.5, 0.6) is 0 Å². The van der Waals surface area contributed by atoms with E-state index in [1.165, 1.54) is 4.31 Å². The van der Waals surface area contributed by atoms with Gasteiger partial charge in [0.15, 0.2) is 0 Å². The topological polar surface area (TPSA) is 126 Å². The van der Waals surface area contributed by atoms with Gasteiger partial charge in [-0.15, -0.1) is 0 Å². The lowest BCUT2D eigenvalue weighted by Gasteiger charge is -2.42. The Balaban J connectivity index is 0.000000423. The van der Waals surface area contributed by atoms with Gasteiger partial charge in [0.05, 0.1) is 37.4 Å². The maximum absolute atomic E-state index is 12.3. The second-order valence-electron chi connectivity index (χ2n) is 6.75. The van der Waals surface area contributed by atoms with Crippen molar-refractivity contribution in [2.45, 2.75) is 18.7 Å². The average molecular weight is 469 g/mol. The number of halogens is 3. The largest absolute Gasteiger partial charge is 0.490 e. The van der Waals surface area contributed by atoms with Crippen LogP contribution in [-0.2, 0) is 29.1 Å². The molecule has 1 aromatic rings. The van der Waals surface area contributed by atoms with Crippen molar-refractivity contribution in [2.75, 3.05) is 50.1 Å². The van der Waals surface area contributed by atoms with Gasteiger partial charge in [0.25, 0.3) is 5.91 Å². The van der Waals surface area contributed by atoms with Crippen LogP contribution in [0.2, 0.25) is 0 Å². The smallest absolute Gasteiger partial charge is 0.475 e. The lowest BCUT2D eigenvalue weighted by atomic mass is 10.0. The maximum Gasteiger partial charge on any atom is 0.490 e. The molecule has 1 aromatic heterocycles. The Morgan fingerprint density at radius 2 is 2.03 bits per heavy atom. The summed E-state index contributed by atoms with van der Waals surface area (Å²) in [7, 11) is -3.36. The van der Waals surface area contributed by atoms with Gasteiger partial charge < -0.3 is 19.5 Å². The number of carboxylic acids is 1. The van der Waals surface area contributed by atoms with Crippen molar-refractivity contribution >= 4 is 27.6 Å². The van der Waals surface area contributed by atoms with Gasteiger partial charge in [-0.05, 0) is 19.1 Å². The fraction of sp³-hybridized carbons (Fsp3) is 0.588. The molecule has 1 unspecified atom stereocenters. The zero-order chi connectivity index (χ0) is 23.3. The number of pyridine rings is 1. The number of carboxylic acid groups (broad SMARTS) is 1. The molecule has 174 valence electrons. The number of aromatic nitrogens is 1. The van der Waals surface area contributed by atoms with E-state index in [0.717, 1.165) is 0 Å². The number of carbonyl (C=O) groups excluding carboxylic acids is 1. The first-order valence-electron chi connectivity index (χ1n) is 9.10. The summed E-state index contributed by atoms with van der Waals surface area (Å²) < 4.78 is 69.1. The zero-order valence-corrected chi connectivity index (χ0v) is 17.4. The van der Waals surface area contributed by atoms with Gasteiger partial charge in [0.2, 0.25) is 10.0 Å². The molecule has 0 bridgehead atoms. The van der Waals surface area contributed by atoms with Gasteiger partial charge in [-0.1, -0.05) is 0 Å². The predicted molar refractivity (Wildman–Crippen MR) is 101 cm³/mol. The number of hydrogen-bond donors (Lipinski definition) is 1. The molecule has 3 heterocycles. The third-order valence-corrected chi connectivity index (χ3v) is 6.35. The molecule has 0 aliphatic carbocycles. The number of morpholine rings is 1. The Kier molecular flexibility index (Phi) is 7.97. The van der Waals surface area contributed by atoms with Crippen LogP contribution >= 0.6 is 0 Å². The fourth-order valence-electron chi connectivity index (χ4n) is 2.94. The first-order valence-corrected chi connectivity index (χ1v) is 10.7. The summed E-state index contributed by atoms with van der Waals surface area (Å²) in [6.45, 7) is 2.75. The molecule has 3 rings (SSSR count). The van der Waals surface area contributed by atoms with Crippen LogP contribution in [0.3, 0.4) is 0 Å². The van der Waals surface area contributed by atoms with Crippen LogP contribution < -0.4 is 4.90 Å². The normalized spacial score (nSPS) is 23.1. The SMILES string of the molecule is CCS(=O)(=O)N1CCOCC2(CN(c3cccnc3)C(=O)CO2)C1.O=C(O)C(F)(F)F. The van der Waals surface area contributed by atoms with Gasteiger partial charge in [-0.25, -0.2) is 13.2 Å². The van der Waals surface area contributed by atoms with E-state index in [-0.39, 0.29) is 38.0 Å². The third-order valence-electron chi connectivity index (χ3n) is 4.52. The fourth-order valence-corrected chi connectivity index (χ4v) is 4.09. The van der Waals surface area contributed by atoms with Crippen molar-refractivity contribution in [1.82, 2.24) is 9.29 Å². The highest BCUT2D eigenvalue weighted by Gasteiger charge is 2.45. The van der Waals surface area contributed by atoms with Crippen LogP contribution in [0.25, 0.3) is 0 Å². The highest BCUT2D eigenvalue weighted by molar-refractivity contribution is 7.89. The standard InChI is InChI=1S/C15H21N3O5S.C2HF3O2/c1-2-24(20,21)17-6-7-22-12-15(10-17)11-18(14(19)9-23-15)13-4-3-5-16-8-13;3-2(4,5)1(6)7/h3-5,8H,2,6-7,9-12H2,1H3;(H,6,7). The summed E-state index contributed by atoms with van der Waals surface area (Å²) in [4.78, 5) is 26.8. The molecule has 14 heteroatoms. The minimum absolute atomic E-state index is 0.0222. The molecule has 2 aliphatic rings. The number of anilines is 1. The zero-order valence-electron chi connectivity index (χ0n) is 16.5. The van der Waals surface area contributed by atoms with Crippen LogP contribution in [0.15, 0.2) is 24.5 Å². The summed E-state index contributed by atoms with van der Waals surface area (Å²) in [5, 5.41) is 7.12. The third kappa shape index (κ3) is 6.59. The quantitative estimate of drug-likeness (QED) is 0.678. The number of hydrogen-bond acceptors (Lipinski definition) is 7. The van der Waals surface area contributed by atoms with Crippen molar-refractivity contribution in [3.8, 4) is 0 Å². The van der Waals surface area contributed by atoms with E-state index in [0.29, 0.717) is 18.8 Å². The number of sulfonamides is 1. The lowest BCUT2D eigenvalue weighted by Crippen LogP contribution is -2.61. The molecule has 1 atom stereocenters. The van der Waals surface area contributed by atoms with Crippen molar-refractivity contribution in [1.29, 1.82) is 0 Å². The Bertz CT molecular complexity index is 883. The number of nitrogens with zero attached hydrogens (tertiary/aromatic N) is 3. The summed E-state index contributed by atoms with van der Waals surface area (Å²) in [6, 6.07) is 3.55. The van der Waals surface area contributed by atoms with Crippen LogP contribution in [-0.4, -0.2) is 91.7 Å². The monoisotopic (exact) mass is 469 g/mol. The molecule has 2 aliphatic heterocycles. The van der Waals surface area contributed by atoms with E-state index < -0.39 is 27.8 Å². The molecule has 2 saturated heterocycles. The van der Waals surface area contributed by atoms with Gasteiger partial charge in [0, 0.05) is 19.3 Å². The lowest BCUT2D eigenvalue weighted by molar-refractivity contribution is -0.192. The first kappa shape index (κ1) is 25.0. The molecular weight excluding hydrogens is 447 g/mol. The van der Waals surface area contributed by atoms with Crippen molar-refractivity contribution < 1.29 is 45.8 Å². The molecule has 0 radical (unpaired) electrons. The molecule has 0 saturated carbocycles. The van der Waals surface area contributed by atoms with Gasteiger partial charge in [-0.3, -0.25) is 9.78 Å². The maximum atomic E-state index is 12.3. The van der Waals surface area contributed by atoms with Crippen LogP contribution in [0.1, 0.15) is 6.92 Å². The molecule has 1 N–H and O–H groups in total. The number of alkyl halides is 3. The van der Waals surface area contributed by atoms with Crippen LogP contribution in [0, 0.1) is 0 Å². The minimum atomic E-state index is -5.08. The summed E-state index contributed by atoms with van der Waals surface area (Å²) in [5.74, 6) is -2.91. The number of carbonyl (C=O) groups is 2. The van der Waals surface area contributed by atoms with Crippen molar-refractivity contribution in [3.63, 3.8) is 0 Å². The van der Waals surface area contributed by atoms with E-state index in [2.05, 4.69) is 4.98 Å². The van der Waals surface area contributed by atoms with Gasteiger partial charge in [-0.2, -0.15) is 17.5 Å². The Labute approximate surface area is 176 Å². The number of rotatable bonds is 3. The molecule has 10 nitrogen and oxygen atoms in total. The summed E-state index contributed by atoms with van der Waals surface area (Å²) in [6.07, 6.45) is -1.84. The van der Waals surface area contributed by atoms with E-state index >= 15 is 0 Å². The molecular formula is C17H22F3N3O7S. The van der Waals surface area contributed by atoms with Gasteiger partial charge >= 0.3 is 12.1 Å². The van der Waals surface area contributed by atoms with Gasteiger partial charge in [0.1, 0.15) is 12.2 Å². The Hall–Kier alpha value is -2.29. The van der Waals surface area contributed by atoms with Crippen molar-refractivity contribution in [3.05, 3.63) is 24.5 Å². The second kappa shape index (κ2) is 9.89. The highest BCUT2D eigenvalue weighted by atomic mass is 32.2.